The van der Waals surface area contributed by atoms with Crippen molar-refractivity contribution in [1.82, 2.24) is 0 Å². The summed E-state index contributed by atoms with van der Waals surface area (Å²) >= 11 is 0. The van der Waals surface area contributed by atoms with Crippen molar-refractivity contribution < 1.29 is 4.79 Å². The molecular weight excluding hydrogens is 174 g/mol. The number of carbonyl (C=O) groups is 1. The van der Waals surface area contributed by atoms with Crippen molar-refractivity contribution in [3.63, 3.8) is 0 Å². The van der Waals surface area contributed by atoms with Crippen molar-refractivity contribution in [2.24, 2.45) is 4.99 Å². The lowest BCUT2D eigenvalue weighted by Crippen LogP contribution is -2.00. The Bertz CT molecular complexity index is 306. The van der Waals surface area contributed by atoms with Crippen molar-refractivity contribution >= 4 is 12.0 Å². The van der Waals surface area contributed by atoms with E-state index in [1.807, 2.05) is 38.2 Å². The van der Waals surface area contributed by atoms with Crippen LogP contribution < -0.4 is 0 Å². The van der Waals surface area contributed by atoms with E-state index in [2.05, 4.69) is 4.99 Å². The minimum Gasteiger partial charge on any atom is -0.296 e. The van der Waals surface area contributed by atoms with Gasteiger partial charge in [-0.2, -0.15) is 0 Å². The van der Waals surface area contributed by atoms with Crippen LogP contribution in [0.4, 0.5) is 0 Å². The maximum absolute atomic E-state index is 11.2. The van der Waals surface area contributed by atoms with E-state index in [9.17, 15) is 4.79 Å². The van der Waals surface area contributed by atoms with Gasteiger partial charge >= 0.3 is 0 Å². The molecule has 0 radical (unpaired) electrons. The first-order valence-corrected chi connectivity index (χ1v) is 4.56. The molecule has 0 aromatic rings. The normalized spacial score (nSPS) is 14.3. The summed E-state index contributed by atoms with van der Waals surface area (Å²) in [5.41, 5.74) is 1.59. The Morgan fingerprint density at radius 3 is 2.29 bits per heavy atom. The monoisotopic (exact) mass is 191 g/mol. The number of aliphatic imine (C=N–C) groups is 1. The van der Waals surface area contributed by atoms with Crippen LogP contribution in [0.1, 0.15) is 20.8 Å². The van der Waals surface area contributed by atoms with Crippen molar-refractivity contribution in [3.8, 4) is 0 Å². The second kappa shape index (κ2) is 7.01. The Morgan fingerprint density at radius 2 is 1.86 bits per heavy atom. The van der Waals surface area contributed by atoms with Gasteiger partial charge in [0.25, 0.3) is 0 Å². The molecule has 0 rings (SSSR count). The van der Waals surface area contributed by atoms with E-state index in [0.29, 0.717) is 5.57 Å². The van der Waals surface area contributed by atoms with Crippen LogP contribution in [0.3, 0.4) is 0 Å². The minimum absolute atomic E-state index is 0.0400. The number of hydrogen-bond acceptors (Lipinski definition) is 2. The molecule has 0 amide bonds. The van der Waals surface area contributed by atoms with Gasteiger partial charge in [-0.15, -0.1) is 0 Å². The van der Waals surface area contributed by atoms with Gasteiger partial charge in [-0.3, -0.25) is 9.79 Å². The molecule has 2 nitrogen and oxygen atoms in total. The van der Waals surface area contributed by atoms with Gasteiger partial charge in [0.05, 0.1) is 0 Å². The van der Waals surface area contributed by atoms with E-state index in [1.165, 1.54) is 0 Å². The average molecular weight is 191 g/mol. The minimum atomic E-state index is 0.0400. The van der Waals surface area contributed by atoms with E-state index in [0.717, 1.165) is 5.57 Å². The number of rotatable bonds is 4. The van der Waals surface area contributed by atoms with Gasteiger partial charge in [-0.25, -0.2) is 0 Å². The summed E-state index contributed by atoms with van der Waals surface area (Å²) < 4.78 is 0. The smallest absolute Gasteiger partial charge is 0.161 e. The van der Waals surface area contributed by atoms with E-state index in [-0.39, 0.29) is 5.78 Å². The van der Waals surface area contributed by atoms with Crippen LogP contribution in [0.25, 0.3) is 0 Å². The lowest BCUT2D eigenvalue weighted by atomic mass is 10.1. The summed E-state index contributed by atoms with van der Waals surface area (Å²) in [6, 6.07) is 0. The standard InChI is InChI=1S/C12H17NO/c1-5-6-7-8-10(2)12(9-13-4)11(3)14/h5-9H,1-4H3/b6-5-,8-7-,12-10-,13-9?. The summed E-state index contributed by atoms with van der Waals surface area (Å²) in [4.78, 5) is 15.1. The van der Waals surface area contributed by atoms with Gasteiger partial charge in [0.1, 0.15) is 0 Å². The maximum Gasteiger partial charge on any atom is 0.161 e. The number of nitrogens with zero attached hydrogens (tertiary/aromatic N) is 1. The Balaban J connectivity index is 4.90. The zero-order valence-electron chi connectivity index (χ0n) is 9.24. The molecule has 0 aliphatic heterocycles. The highest BCUT2D eigenvalue weighted by molar-refractivity contribution is 6.13. The van der Waals surface area contributed by atoms with Crippen LogP contribution in [0, 0.1) is 0 Å². The zero-order valence-corrected chi connectivity index (χ0v) is 9.24. The fraction of sp³-hybridized carbons (Fsp3) is 0.333. The molecule has 0 aromatic heterocycles. The van der Waals surface area contributed by atoms with Gasteiger partial charge in [0, 0.05) is 18.8 Å². The summed E-state index contributed by atoms with van der Waals surface area (Å²) in [6.07, 6.45) is 9.26. The van der Waals surface area contributed by atoms with Crippen LogP contribution >= 0.6 is 0 Å². The van der Waals surface area contributed by atoms with Gasteiger partial charge in [0.2, 0.25) is 0 Å². The van der Waals surface area contributed by atoms with E-state index >= 15 is 0 Å². The Labute approximate surface area is 85.7 Å². The fourth-order valence-electron chi connectivity index (χ4n) is 1.00. The maximum atomic E-state index is 11.2. The predicted octanol–water partition coefficient (Wildman–Crippen LogP) is 2.72. The number of Topliss-reactive ketones (excluding diaryl/α,β-unsaturated/α-hetero) is 1. The number of ketones is 1. The first-order chi connectivity index (χ1) is 6.63. The number of allylic oxidation sites excluding steroid dienone is 6. The number of carbonyl (C=O) groups excluding carboxylic acids is 1. The van der Waals surface area contributed by atoms with E-state index in [4.69, 9.17) is 0 Å². The molecule has 0 saturated carbocycles. The lowest BCUT2D eigenvalue weighted by molar-refractivity contribution is -0.113. The van der Waals surface area contributed by atoms with Gasteiger partial charge in [0.15, 0.2) is 5.78 Å². The highest BCUT2D eigenvalue weighted by Gasteiger charge is 2.02. The van der Waals surface area contributed by atoms with Crippen molar-refractivity contribution in [3.05, 3.63) is 35.5 Å². The van der Waals surface area contributed by atoms with Gasteiger partial charge in [-0.05, 0) is 26.3 Å². The largest absolute Gasteiger partial charge is 0.296 e. The number of hydrogen-bond donors (Lipinski definition) is 0. The quantitative estimate of drug-likeness (QED) is 0.381. The molecule has 0 spiro atoms. The Hall–Kier alpha value is -1.44. The molecule has 0 fully saturated rings. The molecule has 0 atom stereocenters. The zero-order chi connectivity index (χ0) is 11.0. The Morgan fingerprint density at radius 1 is 1.21 bits per heavy atom. The first-order valence-electron chi connectivity index (χ1n) is 4.56. The molecular formula is C12H17NO. The van der Waals surface area contributed by atoms with Crippen LogP contribution in [-0.2, 0) is 4.79 Å². The van der Waals surface area contributed by atoms with Crippen molar-refractivity contribution in [2.75, 3.05) is 7.05 Å². The fourth-order valence-corrected chi connectivity index (χ4v) is 1.00. The highest BCUT2D eigenvalue weighted by Crippen LogP contribution is 2.05. The molecule has 0 unspecified atom stereocenters. The van der Waals surface area contributed by atoms with Crippen LogP contribution in [-0.4, -0.2) is 19.0 Å². The first kappa shape index (κ1) is 12.6. The van der Waals surface area contributed by atoms with E-state index in [1.54, 1.807) is 20.2 Å². The lowest BCUT2D eigenvalue weighted by Gasteiger charge is -1.98. The van der Waals surface area contributed by atoms with Crippen molar-refractivity contribution in [1.29, 1.82) is 0 Å². The third kappa shape index (κ3) is 4.55. The van der Waals surface area contributed by atoms with E-state index < -0.39 is 0 Å². The summed E-state index contributed by atoms with van der Waals surface area (Å²) in [5, 5.41) is 0. The summed E-state index contributed by atoms with van der Waals surface area (Å²) in [6.45, 7) is 5.39. The van der Waals surface area contributed by atoms with Crippen LogP contribution in [0.2, 0.25) is 0 Å². The van der Waals surface area contributed by atoms with Crippen LogP contribution in [0.5, 0.6) is 0 Å². The molecule has 0 aliphatic carbocycles. The molecule has 0 bridgehead atoms. The van der Waals surface area contributed by atoms with Gasteiger partial charge < -0.3 is 0 Å². The average Bonchev–Trinajstić information content (AvgIpc) is 2.13. The van der Waals surface area contributed by atoms with Gasteiger partial charge in [-0.1, -0.05) is 24.3 Å². The third-order valence-corrected chi connectivity index (χ3v) is 1.71. The molecule has 0 aliphatic rings. The second-order valence-electron chi connectivity index (χ2n) is 2.93. The SMILES string of the molecule is C\C=C/C=C\C(C)=C(\C=NC)C(C)=O. The highest BCUT2D eigenvalue weighted by atomic mass is 16.1. The summed E-state index contributed by atoms with van der Waals surface area (Å²) in [7, 11) is 1.66. The third-order valence-electron chi connectivity index (χ3n) is 1.71. The summed E-state index contributed by atoms with van der Waals surface area (Å²) in [5.74, 6) is 0.0400. The second-order valence-corrected chi connectivity index (χ2v) is 2.93. The molecule has 0 N–H and O–H groups in total. The van der Waals surface area contributed by atoms with Crippen LogP contribution in [0.15, 0.2) is 40.4 Å². The Kier molecular flexibility index (Phi) is 6.29. The molecule has 0 heterocycles. The molecule has 0 saturated heterocycles. The molecule has 0 aromatic carbocycles. The molecule has 2 heteroatoms. The van der Waals surface area contributed by atoms with Crippen molar-refractivity contribution in [2.45, 2.75) is 20.8 Å². The molecule has 14 heavy (non-hydrogen) atoms. The topological polar surface area (TPSA) is 29.4 Å². The molecule has 76 valence electrons. The predicted molar refractivity (Wildman–Crippen MR) is 61.8 cm³/mol.